The fourth-order valence-corrected chi connectivity index (χ4v) is 3.26. The van der Waals surface area contributed by atoms with E-state index in [4.69, 9.17) is 21.2 Å². The molecule has 3 amide bonds. The zero-order chi connectivity index (χ0) is 27.7. The molecule has 196 valence electrons. The molecule has 0 fully saturated rings. The van der Waals surface area contributed by atoms with Gasteiger partial charge in [-0.2, -0.15) is 0 Å². The molecule has 3 rings (SSSR count). The van der Waals surface area contributed by atoms with Gasteiger partial charge < -0.3 is 20.2 Å². The Kier molecular flexibility index (Phi) is 7.69. The summed E-state index contributed by atoms with van der Waals surface area (Å²) in [6.45, 7) is 11.6. The van der Waals surface area contributed by atoms with Crippen molar-refractivity contribution in [2.24, 2.45) is 10.8 Å². The summed E-state index contributed by atoms with van der Waals surface area (Å²) < 4.78 is 5.48. The fraction of sp³-hybridized carbons (Fsp3) is 0.333. The van der Waals surface area contributed by atoms with E-state index in [9.17, 15) is 19.2 Å². The summed E-state index contributed by atoms with van der Waals surface area (Å²) in [4.78, 5) is 56.5. The molecule has 0 saturated heterocycles. The Morgan fingerprint density at radius 1 is 0.838 bits per heavy atom. The van der Waals surface area contributed by atoms with Gasteiger partial charge in [0.15, 0.2) is 0 Å². The van der Waals surface area contributed by atoms with Gasteiger partial charge in [-0.3, -0.25) is 9.59 Å². The van der Waals surface area contributed by atoms with Crippen LogP contribution in [-0.2, 0) is 24.0 Å². The van der Waals surface area contributed by atoms with E-state index in [0.717, 1.165) is 5.06 Å². The third kappa shape index (κ3) is 6.48. The van der Waals surface area contributed by atoms with Gasteiger partial charge in [-0.25, -0.2) is 9.59 Å². The van der Waals surface area contributed by atoms with Crippen molar-refractivity contribution < 1.29 is 28.8 Å². The predicted octanol–water partition coefficient (Wildman–Crippen LogP) is 6.16. The Balaban J connectivity index is 1.96. The van der Waals surface area contributed by atoms with Gasteiger partial charge in [0.05, 0.1) is 22.1 Å². The molecule has 0 saturated carbocycles. The third-order valence-electron chi connectivity index (χ3n) is 5.24. The molecule has 0 radical (unpaired) electrons. The number of ether oxygens (including phenoxy) is 1. The monoisotopic (exact) mass is 527 g/mol. The van der Waals surface area contributed by atoms with Crippen LogP contribution in [0.2, 0.25) is 5.02 Å². The number of rotatable bonds is 4. The average Bonchev–Trinajstić information content (AvgIpc) is 3.04. The van der Waals surface area contributed by atoms with Gasteiger partial charge in [0.25, 0.3) is 5.91 Å². The van der Waals surface area contributed by atoms with Crippen molar-refractivity contribution in [1.82, 2.24) is 0 Å². The first-order chi connectivity index (χ1) is 17.1. The average molecular weight is 528 g/mol. The number of anilines is 3. The van der Waals surface area contributed by atoms with Gasteiger partial charge >= 0.3 is 18.0 Å². The molecule has 0 bridgehead atoms. The van der Waals surface area contributed by atoms with Crippen molar-refractivity contribution in [3.63, 3.8) is 0 Å². The second-order valence-corrected chi connectivity index (χ2v) is 11.1. The van der Waals surface area contributed by atoms with E-state index in [1.807, 2.05) is 0 Å². The van der Waals surface area contributed by atoms with E-state index in [1.54, 1.807) is 77.9 Å². The fourth-order valence-electron chi connectivity index (χ4n) is 3.14. The highest BCUT2D eigenvalue weighted by Crippen LogP contribution is 2.41. The normalized spacial score (nSPS) is 14.6. The molecule has 2 N–H and O–H groups in total. The number of esters is 1. The molecule has 1 aliphatic rings. The maximum Gasteiger partial charge on any atom is 0.338 e. The first-order valence-electron chi connectivity index (χ1n) is 11.6. The molecule has 37 heavy (non-hydrogen) atoms. The maximum atomic E-state index is 13.4. The minimum absolute atomic E-state index is 0.0710. The third-order valence-corrected chi connectivity index (χ3v) is 5.49. The van der Waals surface area contributed by atoms with Crippen LogP contribution in [0.15, 0.2) is 48.2 Å². The Morgan fingerprint density at radius 2 is 1.38 bits per heavy atom. The minimum Gasteiger partial charge on any atom is -0.430 e. The standard InChI is InChI=1S/C27H30ClN3O6/c1-15(36-23(33)26(2,3)4)21-19-13-12-18(30-25(35)29-17-10-8-16(28)9-11-17)14-20(19)31(22(21)32)37-24(34)27(5,6)7/h8-14H,1-7H3,(H2,29,30,35)/b21-15-. The SMILES string of the molecule is C/C(OC(=O)C(C)(C)C)=C1/C(=O)N(OC(=O)C(C)(C)C)c2cc(NC(=O)Nc3ccc(Cl)cc3)ccc21. The summed E-state index contributed by atoms with van der Waals surface area (Å²) in [6.07, 6.45) is 0. The molecule has 0 unspecified atom stereocenters. The number of hydrogen-bond acceptors (Lipinski definition) is 6. The van der Waals surface area contributed by atoms with E-state index < -0.39 is 34.7 Å². The van der Waals surface area contributed by atoms with Crippen LogP contribution < -0.4 is 15.7 Å². The van der Waals surface area contributed by atoms with E-state index in [2.05, 4.69) is 10.6 Å². The molecule has 0 aliphatic carbocycles. The van der Waals surface area contributed by atoms with Crippen LogP contribution in [0.1, 0.15) is 54.0 Å². The number of nitrogens with zero attached hydrogens (tertiary/aromatic N) is 1. The van der Waals surface area contributed by atoms with Crippen molar-refractivity contribution in [1.29, 1.82) is 0 Å². The summed E-state index contributed by atoms with van der Waals surface area (Å²) in [5.74, 6) is -1.76. The molecule has 1 heterocycles. The van der Waals surface area contributed by atoms with E-state index in [1.165, 1.54) is 13.0 Å². The van der Waals surface area contributed by atoms with E-state index in [-0.39, 0.29) is 17.0 Å². The lowest BCUT2D eigenvalue weighted by molar-refractivity contribution is -0.157. The Bertz CT molecular complexity index is 1290. The second-order valence-electron chi connectivity index (χ2n) is 10.6. The van der Waals surface area contributed by atoms with Crippen molar-refractivity contribution >= 4 is 58.1 Å². The molecule has 0 aromatic heterocycles. The van der Waals surface area contributed by atoms with E-state index in [0.29, 0.717) is 22.0 Å². The number of urea groups is 1. The quantitative estimate of drug-likeness (QED) is 0.280. The van der Waals surface area contributed by atoms with Crippen LogP contribution in [-0.4, -0.2) is 23.9 Å². The number of allylic oxidation sites excluding steroid dienone is 1. The largest absolute Gasteiger partial charge is 0.430 e. The molecule has 0 atom stereocenters. The summed E-state index contributed by atoms with van der Waals surface area (Å²) in [6, 6.07) is 10.7. The molecule has 2 aromatic carbocycles. The van der Waals surface area contributed by atoms with Crippen LogP contribution in [0.4, 0.5) is 21.9 Å². The lowest BCUT2D eigenvalue weighted by Gasteiger charge is -2.22. The summed E-state index contributed by atoms with van der Waals surface area (Å²) in [5, 5.41) is 6.76. The van der Waals surface area contributed by atoms with Crippen LogP contribution in [0.3, 0.4) is 0 Å². The Hall–Kier alpha value is -3.85. The van der Waals surface area contributed by atoms with E-state index >= 15 is 0 Å². The summed E-state index contributed by atoms with van der Waals surface area (Å²) in [5.41, 5.74) is -0.153. The first kappa shape index (κ1) is 27.7. The van der Waals surface area contributed by atoms with Gasteiger partial charge in [0.2, 0.25) is 0 Å². The Labute approximate surface area is 220 Å². The highest BCUT2D eigenvalue weighted by atomic mass is 35.5. The van der Waals surface area contributed by atoms with Crippen LogP contribution in [0, 0.1) is 10.8 Å². The first-order valence-corrected chi connectivity index (χ1v) is 11.9. The number of carbonyl (C=O) groups is 4. The number of carbonyl (C=O) groups excluding carboxylic acids is 4. The highest BCUT2D eigenvalue weighted by molar-refractivity contribution is 6.33. The number of amides is 3. The molecule has 1 aliphatic heterocycles. The van der Waals surface area contributed by atoms with Gasteiger partial charge in [-0.15, -0.1) is 5.06 Å². The minimum atomic E-state index is -0.894. The van der Waals surface area contributed by atoms with Crippen LogP contribution in [0.5, 0.6) is 0 Å². The molecule has 2 aromatic rings. The smallest absolute Gasteiger partial charge is 0.338 e. The number of fused-ring (bicyclic) bond motifs is 1. The molecule has 10 heteroatoms. The number of benzene rings is 2. The molecular formula is C27H30ClN3O6. The van der Waals surface area contributed by atoms with Crippen molar-refractivity contribution in [3.8, 4) is 0 Å². The number of halogens is 1. The zero-order valence-corrected chi connectivity index (χ0v) is 22.6. The Morgan fingerprint density at radius 3 is 1.95 bits per heavy atom. The van der Waals surface area contributed by atoms with Crippen molar-refractivity contribution in [2.45, 2.75) is 48.5 Å². The molecular weight excluding hydrogens is 498 g/mol. The van der Waals surface area contributed by atoms with Crippen molar-refractivity contribution in [3.05, 3.63) is 58.8 Å². The lowest BCUT2D eigenvalue weighted by atomic mass is 9.97. The highest BCUT2D eigenvalue weighted by Gasteiger charge is 2.40. The number of hydroxylamine groups is 1. The maximum absolute atomic E-state index is 13.4. The second kappa shape index (κ2) is 10.3. The summed E-state index contributed by atoms with van der Waals surface area (Å²) in [7, 11) is 0. The number of nitrogens with one attached hydrogen (secondary N) is 2. The number of hydrogen-bond donors (Lipinski definition) is 2. The molecule has 0 spiro atoms. The van der Waals surface area contributed by atoms with Crippen LogP contribution >= 0.6 is 11.6 Å². The summed E-state index contributed by atoms with van der Waals surface area (Å²) >= 11 is 5.88. The predicted molar refractivity (Wildman–Crippen MR) is 142 cm³/mol. The van der Waals surface area contributed by atoms with Gasteiger partial charge in [0.1, 0.15) is 5.76 Å². The topological polar surface area (TPSA) is 114 Å². The molecule has 9 nitrogen and oxygen atoms in total. The van der Waals surface area contributed by atoms with Crippen molar-refractivity contribution in [2.75, 3.05) is 15.7 Å². The van der Waals surface area contributed by atoms with Gasteiger partial charge in [-0.05, 0) is 90.9 Å². The van der Waals surface area contributed by atoms with Crippen LogP contribution in [0.25, 0.3) is 5.57 Å². The lowest BCUT2D eigenvalue weighted by Crippen LogP contribution is -2.35. The zero-order valence-electron chi connectivity index (χ0n) is 21.8. The van der Waals surface area contributed by atoms with Gasteiger partial charge in [-0.1, -0.05) is 11.6 Å². The van der Waals surface area contributed by atoms with Gasteiger partial charge in [0, 0.05) is 22.0 Å².